The van der Waals surface area contributed by atoms with Crippen molar-refractivity contribution in [1.29, 1.82) is 0 Å². The summed E-state index contributed by atoms with van der Waals surface area (Å²) in [5, 5.41) is 0. The molecule has 0 saturated heterocycles. The molecule has 0 bridgehead atoms. The van der Waals surface area contributed by atoms with Gasteiger partial charge in [-0.25, -0.2) is 0 Å². The molecule has 0 aliphatic carbocycles. The van der Waals surface area contributed by atoms with E-state index >= 15 is 0 Å². The van der Waals surface area contributed by atoms with E-state index in [0.717, 1.165) is 6.54 Å². The van der Waals surface area contributed by atoms with Gasteiger partial charge in [-0.3, -0.25) is 0 Å². The third-order valence-corrected chi connectivity index (χ3v) is 4.69. The lowest BCUT2D eigenvalue weighted by molar-refractivity contribution is -0.618. The van der Waals surface area contributed by atoms with Gasteiger partial charge in [0.15, 0.2) is 0 Å². The molecule has 2 nitrogen and oxygen atoms in total. The first-order valence-electron chi connectivity index (χ1n) is 8.42. The standard InChI is InChI=1S/C22H22N2/c1-16-12-17(2)22(18(3)13-16)23-14-20-10-7-11-21(24(20)15-23)19-8-5-4-6-9-19/h4-13,15H,14H2,1-3H3. The molecule has 0 saturated carbocycles. The van der Waals surface area contributed by atoms with Crippen LogP contribution in [-0.2, 0) is 6.54 Å². The minimum absolute atomic E-state index is 0.908. The Morgan fingerprint density at radius 3 is 2.29 bits per heavy atom. The van der Waals surface area contributed by atoms with Crippen LogP contribution in [0, 0.1) is 27.4 Å². The highest BCUT2D eigenvalue weighted by molar-refractivity contribution is 5.62. The predicted molar refractivity (Wildman–Crippen MR) is 98.6 cm³/mol. The quantitative estimate of drug-likeness (QED) is 0.497. The third-order valence-electron chi connectivity index (χ3n) is 4.69. The SMILES string of the molecule is Cc1cc(C)c(N2[CH-][n+]3c(cccc3-c3ccccc3)C2)c(C)c1. The first kappa shape index (κ1) is 14.8. The Morgan fingerprint density at radius 2 is 1.58 bits per heavy atom. The molecule has 1 aromatic heterocycles. The second kappa shape index (κ2) is 5.72. The first-order chi connectivity index (χ1) is 11.6. The molecule has 120 valence electrons. The zero-order valence-electron chi connectivity index (χ0n) is 14.5. The van der Waals surface area contributed by atoms with Gasteiger partial charge in [0.25, 0.3) is 0 Å². The van der Waals surface area contributed by atoms with E-state index < -0.39 is 0 Å². The average Bonchev–Trinajstić information content (AvgIpc) is 2.98. The van der Waals surface area contributed by atoms with Crippen molar-refractivity contribution >= 4 is 5.69 Å². The highest BCUT2D eigenvalue weighted by Gasteiger charge is 2.24. The first-order valence-corrected chi connectivity index (χ1v) is 8.42. The van der Waals surface area contributed by atoms with Crippen LogP contribution in [0.5, 0.6) is 0 Å². The Labute approximate surface area is 144 Å². The van der Waals surface area contributed by atoms with E-state index in [1.54, 1.807) is 0 Å². The fraction of sp³-hybridized carbons (Fsp3) is 0.182. The molecule has 1 aliphatic heterocycles. The molecule has 3 aromatic rings. The molecule has 0 spiro atoms. The number of hydrogen-bond donors (Lipinski definition) is 0. The minimum Gasteiger partial charge on any atom is -0.348 e. The number of nitrogens with zero attached hydrogens (tertiary/aromatic N) is 2. The zero-order chi connectivity index (χ0) is 16.7. The van der Waals surface area contributed by atoms with Crippen LogP contribution in [0.2, 0.25) is 0 Å². The fourth-order valence-electron chi connectivity index (χ4n) is 3.79. The van der Waals surface area contributed by atoms with Crippen LogP contribution in [0.3, 0.4) is 0 Å². The van der Waals surface area contributed by atoms with Crippen LogP contribution in [0.15, 0.2) is 60.7 Å². The Bertz CT molecular complexity index is 874. The molecule has 24 heavy (non-hydrogen) atoms. The van der Waals surface area contributed by atoms with E-state index in [2.05, 4.69) is 97.6 Å². The Hall–Kier alpha value is -2.74. The summed E-state index contributed by atoms with van der Waals surface area (Å²) < 4.78 is 2.31. The smallest absolute Gasteiger partial charge is 0.145 e. The van der Waals surface area contributed by atoms with Crippen LogP contribution in [0.4, 0.5) is 5.69 Å². The molecule has 1 aliphatic rings. The van der Waals surface area contributed by atoms with Gasteiger partial charge >= 0.3 is 0 Å². The summed E-state index contributed by atoms with van der Waals surface area (Å²) in [5.74, 6) is 0. The number of hydrogen-bond acceptors (Lipinski definition) is 1. The zero-order valence-corrected chi connectivity index (χ0v) is 14.5. The number of pyridine rings is 1. The molecule has 0 N–H and O–H groups in total. The van der Waals surface area contributed by atoms with Crippen molar-refractivity contribution in [3.05, 3.63) is 89.7 Å². The maximum absolute atomic E-state index is 2.37. The highest BCUT2D eigenvalue weighted by Crippen LogP contribution is 2.30. The normalized spacial score (nSPS) is 12.9. The monoisotopic (exact) mass is 314 g/mol. The second-order valence-corrected chi connectivity index (χ2v) is 6.63. The molecule has 0 radical (unpaired) electrons. The van der Waals surface area contributed by atoms with Gasteiger partial charge in [0.1, 0.15) is 18.1 Å². The molecule has 2 heteroatoms. The lowest BCUT2D eigenvalue weighted by atomic mass is 10.0. The Kier molecular flexibility index (Phi) is 3.53. The summed E-state index contributed by atoms with van der Waals surface area (Å²) in [6.45, 7) is 9.71. The summed E-state index contributed by atoms with van der Waals surface area (Å²) >= 11 is 0. The maximum Gasteiger partial charge on any atom is 0.145 e. The third kappa shape index (κ3) is 2.44. The maximum atomic E-state index is 2.37. The molecule has 0 atom stereocenters. The molecule has 0 unspecified atom stereocenters. The lowest BCUT2D eigenvalue weighted by Gasteiger charge is -2.22. The molecule has 2 aromatic carbocycles. The van der Waals surface area contributed by atoms with Gasteiger partial charge in [-0.05, 0) is 43.5 Å². The van der Waals surface area contributed by atoms with E-state index in [-0.39, 0.29) is 0 Å². The number of anilines is 1. The van der Waals surface area contributed by atoms with Crippen molar-refractivity contribution in [2.45, 2.75) is 27.3 Å². The number of aromatic nitrogens is 1. The molecule has 2 heterocycles. The van der Waals surface area contributed by atoms with Crippen molar-refractivity contribution in [3.8, 4) is 11.3 Å². The van der Waals surface area contributed by atoms with Gasteiger partial charge in [-0.15, -0.1) is 0 Å². The largest absolute Gasteiger partial charge is 0.348 e. The summed E-state index contributed by atoms with van der Waals surface area (Å²) in [5.41, 5.74) is 9.10. The van der Waals surface area contributed by atoms with Crippen LogP contribution >= 0.6 is 0 Å². The summed E-state index contributed by atoms with van der Waals surface area (Å²) in [6, 6.07) is 21.7. The van der Waals surface area contributed by atoms with Gasteiger partial charge < -0.3 is 9.47 Å². The number of aryl methyl sites for hydroxylation is 3. The molecular weight excluding hydrogens is 292 g/mol. The summed E-state index contributed by atoms with van der Waals surface area (Å²) in [6.07, 6.45) is 0. The average molecular weight is 314 g/mol. The predicted octanol–water partition coefficient (Wildman–Crippen LogP) is 4.55. The van der Waals surface area contributed by atoms with Crippen LogP contribution in [0.25, 0.3) is 11.3 Å². The van der Waals surface area contributed by atoms with Gasteiger partial charge in [-0.2, -0.15) is 0 Å². The molecule has 0 amide bonds. The highest BCUT2D eigenvalue weighted by atomic mass is 15.3. The van der Waals surface area contributed by atoms with Crippen molar-refractivity contribution in [2.24, 2.45) is 0 Å². The number of rotatable bonds is 2. The van der Waals surface area contributed by atoms with Crippen molar-refractivity contribution in [3.63, 3.8) is 0 Å². The van der Waals surface area contributed by atoms with Crippen molar-refractivity contribution < 1.29 is 4.57 Å². The lowest BCUT2D eigenvalue weighted by Crippen LogP contribution is -2.37. The minimum atomic E-state index is 0.908. The molecule has 4 rings (SSSR count). The second-order valence-electron chi connectivity index (χ2n) is 6.63. The van der Waals surface area contributed by atoms with Crippen molar-refractivity contribution in [1.82, 2.24) is 0 Å². The summed E-state index contributed by atoms with van der Waals surface area (Å²) in [7, 11) is 0. The molecule has 0 fully saturated rings. The Balaban J connectivity index is 1.76. The fourth-order valence-corrected chi connectivity index (χ4v) is 3.79. The van der Waals surface area contributed by atoms with Crippen LogP contribution in [-0.4, -0.2) is 0 Å². The van der Waals surface area contributed by atoms with Crippen molar-refractivity contribution in [2.75, 3.05) is 4.90 Å². The van der Waals surface area contributed by atoms with E-state index in [1.807, 2.05) is 0 Å². The number of benzene rings is 2. The van der Waals surface area contributed by atoms with Gasteiger partial charge in [0, 0.05) is 5.69 Å². The van der Waals surface area contributed by atoms with E-state index in [1.165, 1.54) is 39.3 Å². The van der Waals surface area contributed by atoms with E-state index in [9.17, 15) is 0 Å². The topological polar surface area (TPSA) is 7.12 Å². The van der Waals surface area contributed by atoms with Gasteiger partial charge in [-0.1, -0.05) is 60.2 Å². The Morgan fingerprint density at radius 1 is 0.875 bits per heavy atom. The summed E-state index contributed by atoms with van der Waals surface area (Å²) in [4.78, 5) is 2.37. The van der Waals surface area contributed by atoms with Crippen LogP contribution in [0.1, 0.15) is 22.4 Å². The van der Waals surface area contributed by atoms with Gasteiger partial charge in [0.2, 0.25) is 0 Å². The van der Waals surface area contributed by atoms with E-state index in [4.69, 9.17) is 0 Å². The molecular formula is C22H22N2. The van der Waals surface area contributed by atoms with Crippen LogP contribution < -0.4 is 9.47 Å². The van der Waals surface area contributed by atoms with E-state index in [0.29, 0.717) is 0 Å². The van der Waals surface area contributed by atoms with Gasteiger partial charge in [0.05, 0.1) is 6.54 Å². The number of fused-ring (bicyclic) bond motifs is 1.